The number of hydrogen-bond acceptors (Lipinski definition) is 7. The van der Waals surface area contributed by atoms with Gasteiger partial charge in [0.25, 0.3) is 17.1 Å². The van der Waals surface area contributed by atoms with E-state index in [4.69, 9.17) is 0 Å². The lowest BCUT2D eigenvalue weighted by atomic mass is 10.1. The third kappa shape index (κ3) is 9.45. The van der Waals surface area contributed by atoms with Crippen molar-refractivity contribution < 1.29 is 25.2 Å². The number of benzene rings is 1. The molecule has 0 fully saturated rings. The molecule has 0 atom stereocenters. The van der Waals surface area contributed by atoms with Gasteiger partial charge in [-0.2, -0.15) is 0 Å². The summed E-state index contributed by atoms with van der Waals surface area (Å²) in [5.74, 6) is 0.274. The molecule has 0 unspecified atom stereocenters. The Labute approximate surface area is 156 Å². The predicted octanol–water partition coefficient (Wildman–Crippen LogP) is 2.13. The fourth-order valence-corrected chi connectivity index (χ4v) is 2.01. The second-order valence-electron chi connectivity index (χ2n) is 6.82. The molecule has 1 aromatic rings. The Bertz CT molecular complexity index is 617. The van der Waals surface area contributed by atoms with Crippen LogP contribution in [0.4, 0.5) is 17.1 Å². The van der Waals surface area contributed by atoms with Crippen molar-refractivity contribution in [3.05, 3.63) is 42.5 Å². The first-order valence-corrected chi connectivity index (χ1v) is 8.57. The van der Waals surface area contributed by atoms with Gasteiger partial charge in [-0.3, -0.25) is 30.3 Å². The fraction of sp³-hybridized carbons (Fsp3) is 0.625. The number of non-ortho nitro benzene ring substituents is 1. The molecule has 0 aliphatic heterocycles. The second kappa shape index (κ2) is 11.7. The van der Waals surface area contributed by atoms with E-state index in [2.05, 4.69) is 33.0 Å². The van der Waals surface area contributed by atoms with E-state index in [1.807, 2.05) is 0 Å². The highest BCUT2D eigenvalue weighted by atomic mass is 16.6. The Morgan fingerprint density at radius 1 is 0.815 bits per heavy atom. The maximum absolute atomic E-state index is 11.1. The van der Waals surface area contributed by atoms with Crippen LogP contribution in [0.25, 0.3) is 0 Å². The van der Waals surface area contributed by atoms with Gasteiger partial charge in [0.15, 0.2) is 0 Å². The van der Waals surface area contributed by atoms with E-state index in [0.29, 0.717) is 12.1 Å². The maximum Gasteiger partial charge on any atom is 0.283 e. The van der Waals surface area contributed by atoms with Gasteiger partial charge in [0.1, 0.15) is 0 Å². The van der Waals surface area contributed by atoms with Gasteiger partial charge in [0.2, 0.25) is 0 Å². The first kappa shape index (κ1) is 24.2. The first-order chi connectivity index (χ1) is 12.5. The molecule has 0 aliphatic carbocycles. The Kier molecular flexibility index (Phi) is 10.5. The van der Waals surface area contributed by atoms with E-state index in [1.54, 1.807) is 0 Å². The standard InChI is InChI=1S/C10H23N.C6H3N3O7/c1-9(2)5-7-11-8-6-10(3)4;10-6-4(8(13)14)1-3(7(11)12)2-5(6)9(15)16/h9-11H,5-8H2,1-4H3;1-2,10H. The molecule has 1 aromatic carbocycles. The third-order valence-electron chi connectivity index (χ3n) is 3.53. The Hall–Kier alpha value is -2.82. The zero-order valence-electron chi connectivity index (χ0n) is 15.9. The van der Waals surface area contributed by atoms with Crippen LogP contribution >= 0.6 is 0 Å². The van der Waals surface area contributed by atoms with Crippen LogP contribution in [-0.4, -0.2) is 27.9 Å². The molecule has 0 spiro atoms. The molecule has 0 aliphatic rings. The van der Waals surface area contributed by atoms with Gasteiger partial charge in [-0.05, 0) is 24.7 Å². The van der Waals surface area contributed by atoms with Gasteiger partial charge in [0.05, 0.1) is 45.7 Å². The van der Waals surface area contributed by atoms with Gasteiger partial charge in [-0.1, -0.05) is 27.7 Å². The fourth-order valence-electron chi connectivity index (χ4n) is 2.01. The number of nitrogens with two attached hydrogens (primary N) is 1. The molecule has 0 amide bonds. The monoisotopic (exact) mass is 386 g/mol. The predicted molar refractivity (Wildman–Crippen MR) is 96.4 cm³/mol. The molecule has 152 valence electrons. The summed E-state index contributed by atoms with van der Waals surface area (Å²) in [5, 5.41) is 44.5. The van der Waals surface area contributed by atoms with Crippen molar-refractivity contribution in [2.45, 2.75) is 40.5 Å². The minimum absolute atomic E-state index is 0.384. The van der Waals surface area contributed by atoms with E-state index in [-0.39, 0.29) is 0 Å². The minimum Gasteiger partial charge on any atom is -0.863 e. The summed E-state index contributed by atoms with van der Waals surface area (Å²) >= 11 is 0. The van der Waals surface area contributed by atoms with Crippen LogP contribution in [0.3, 0.4) is 0 Å². The van der Waals surface area contributed by atoms with Gasteiger partial charge >= 0.3 is 0 Å². The number of rotatable bonds is 9. The van der Waals surface area contributed by atoms with Crippen LogP contribution in [0.2, 0.25) is 0 Å². The summed E-state index contributed by atoms with van der Waals surface area (Å²) in [7, 11) is 0. The van der Waals surface area contributed by atoms with Crippen molar-refractivity contribution in [1.82, 2.24) is 0 Å². The highest BCUT2D eigenvalue weighted by Gasteiger charge is 2.24. The molecule has 0 aromatic heterocycles. The van der Waals surface area contributed by atoms with E-state index < -0.39 is 37.6 Å². The molecule has 0 saturated heterocycles. The normalized spacial score (nSPS) is 10.4. The molecule has 0 radical (unpaired) electrons. The van der Waals surface area contributed by atoms with Crippen LogP contribution in [0.1, 0.15) is 40.5 Å². The van der Waals surface area contributed by atoms with Crippen LogP contribution < -0.4 is 10.4 Å². The number of nitrogens with zero attached hydrogens (tertiary/aromatic N) is 3. The van der Waals surface area contributed by atoms with Gasteiger partial charge in [0, 0.05) is 0 Å². The maximum atomic E-state index is 11.1. The van der Waals surface area contributed by atoms with Crippen LogP contribution in [0.15, 0.2) is 12.1 Å². The highest BCUT2D eigenvalue weighted by Crippen LogP contribution is 2.36. The van der Waals surface area contributed by atoms with Crippen molar-refractivity contribution in [1.29, 1.82) is 0 Å². The highest BCUT2D eigenvalue weighted by molar-refractivity contribution is 5.63. The largest absolute Gasteiger partial charge is 0.863 e. The lowest BCUT2D eigenvalue weighted by Crippen LogP contribution is -2.84. The van der Waals surface area contributed by atoms with E-state index >= 15 is 0 Å². The van der Waals surface area contributed by atoms with Crippen molar-refractivity contribution in [2.24, 2.45) is 11.8 Å². The molecular weight excluding hydrogens is 360 g/mol. The van der Waals surface area contributed by atoms with Crippen LogP contribution in [-0.2, 0) is 0 Å². The summed E-state index contributed by atoms with van der Waals surface area (Å²) in [6.07, 6.45) is 2.72. The van der Waals surface area contributed by atoms with Gasteiger partial charge in [-0.25, -0.2) is 0 Å². The molecule has 0 saturated carbocycles. The van der Waals surface area contributed by atoms with E-state index in [0.717, 1.165) is 11.8 Å². The van der Waals surface area contributed by atoms with E-state index in [9.17, 15) is 35.4 Å². The lowest BCUT2D eigenvalue weighted by Gasteiger charge is -2.06. The zero-order valence-corrected chi connectivity index (χ0v) is 15.9. The third-order valence-corrected chi connectivity index (χ3v) is 3.53. The summed E-state index contributed by atoms with van der Waals surface area (Å²) in [6, 6.07) is 0.769. The molecule has 27 heavy (non-hydrogen) atoms. The second-order valence-corrected chi connectivity index (χ2v) is 6.82. The average molecular weight is 386 g/mol. The van der Waals surface area contributed by atoms with Crippen LogP contribution in [0.5, 0.6) is 5.75 Å². The van der Waals surface area contributed by atoms with Gasteiger partial charge < -0.3 is 10.4 Å². The first-order valence-electron chi connectivity index (χ1n) is 8.57. The van der Waals surface area contributed by atoms with Crippen LogP contribution in [0, 0.1) is 42.2 Å². The van der Waals surface area contributed by atoms with E-state index in [1.165, 1.54) is 25.9 Å². The zero-order chi connectivity index (χ0) is 21.1. The number of quaternary nitrogens is 1. The van der Waals surface area contributed by atoms with Crippen molar-refractivity contribution in [3.8, 4) is 5.75 Å². The minimum atomic E-state index is -1.46. The van der Waals surface area contributed by atoms with Crippen molar-refractivity contribution in [2.75, 3.05) is 13.1 Å². The Morgan fingerprint density at radius 2 is 1.19 bits per heavy atom. The smallest absolute Gasteiger partial charge is 0.283 e. The topological polar surface area (TPSA) is 169 Å². The molecule has 11 nitrogen and oxygen atoms in total. The SMILES string of the molecule is CC(C)CC[NH2+]CCC(C)C.O=[N+]([O-])c1cc([N+](=O)[O-])c([O-])c([N+](=O)[O-])c1. The summed E-state index contributed by atoms with van der Waals surface area (Å²) in [6.45, 7) is 11.8. The average Bonchev–Trinajstić information content (AvgIpc) is 2.53. The molecular formula is C16H26N4O7. The summed E-state index contributed by atoms with van der Waals surface area (Å²) < 4.78 is 0. The molecule has 11 heteroatoms. The lowest BCUT2D eigenvalue weighted by molar-refractivity contribution is -0.656. The summed E-state index contributed by atoms with van der Waals surface area (Å²) in [5.41, 5.74) is -3.26. The Morgan fingerprint density at radius 3 is 1.44 bits per heavy atom. The number of hydrogen-bond donors (Lipinski definition) is 1. The molecule has 0 heterocycles. The Balaban J connectivity index is 0.000000541. The van der Waals surface area contributed by atoms with Gasteiger partial charge in [-0.15, -0.1) is 0 Å². The molecule has 1 rings (SSSR count). The van der Waals surface area contributed by atoms with Crippen molar-refractivity contribution >= 4 is 17.1 Å². The number of nitro groups is 3. The molecule has 0 bridgehead atoms. The summed E-state index contributed by atoms with van der Waals surface area (Å²) in [4.78, 5) is 27.5. The quantitative estimate of drug-likeness (QED) is 0.385. The molecule has 2 N–H and O–H groups in total. The number of nitro benzene ring substituents is 3. The van der Waals surface area contributed by atoms with Crippen molar-refractivity contribution in [3.63, 3.8) is 0 Å².